The number of nitrogens with one attached hydrogen (secondary N) is 2. The highest BCUT2D eigenvalue weighted by Crippen LogP contribution is 2.18. The van der Waals surface area contributed by atoms with E-state index in [2.05, 4.69) is 15.7 Å². The Labute approximate surface area is 121 Å². The van der Waals surface area contributed by atoms with Crippen molar-refractivity contribution in [1.82, 2.24) is 15.1 Å². The quantitative estimate of drug-likeness (QED) is 0.800. The summed E-state index contributed by atoms with van der Waals surface area (Å²) in [6.07, 6.45) is 3.21. The molecule has 0 fully saturated rings. The molecule has 0 aliphatic rings. The molecule has 3 N–H and O–H groups in total. The third-order valence-electron chi connectivity index (χ3n) is 3.00. The lowest BCUT2D eigenvalue weighted by Crippen LogP contribution is -2.40. The van der Waals surface area contributed by atoms with Crippen LogP contribution >= 0.6 is 0 Å². The predicted octanol–water partition coefficient (Wildman–Crippen LogP) is 1.59. The molecule has 0 saturated carbocycles. The van der Waals surface area contributed by atoms with Crippen molar-refractivity contribution in [2.75, 3.05) is 11.9 Å². The molecule has 1 heterocycles. The first-order valence-electron chi connectivity index (χ1n) is 6.39. The SMILES string of the molecule is Cn1cc(C(C)(O)CNC(=O)Nc2cccc(F)c2)cn1. The van der Waals surface area contributed by atoms with E-state index in [1.165, 1.54) is 24.4 Å². The van der Waals surface area contributed by atoms with E-state index in [1.54, 1.807) is 30.9 Å². The minimum absolute atomic E-state index is 0.000156. The van der Waals surface area contributed by atoms with E-state index >= 15 is 0 Å². The summed E-state index contributed by atoms with van der Waals surface area (Å²) in [5.74, 6) is -0.435. The zero-order valence-electron chi connectivity index (χ0n) is 11.8. The second-order valence-electron chi connectivity index (χ2n) is 4.99. The number of hydrogen-bond donors (Lipinski definition) is 3. The lowest BCUT2D eigenvalue weighted by Gasteiger charge is -2.22. The van der Waals surface area contributed by atoms with E-state index in [1.807, 2.05) is 0 Å². The number of aryl methyl sites for hydroxylation is 1. The number of rotatable bonds is 4. The highest BCUT2D eigenvalue weighted by molar-refractivity contribution is 5.89. The van der Waals surface area contributed by atoms with Gasteiger partial charge in [-0.05, 0) is 25.1 Å². The zero-order valence-corrected chi connectivity index (χ0v) is 11.8. The molecule has 0 aliphatic carbocycles. The molecule has 2 aromatic rings. The summed E-state index contributed by atoms with van der Waals surface area (Å²) in [5.41, 5.74) is -0.308. The van der Waals surface area contributed by atoms with Gasteiger partial charge in [0.25, 0.3) is 0 Å². The molecule has 2 rings (SSSR count). The first kappa shape index (κ1) is 15.0. The van der Waals surface area contributed by atoms with Crippen LogP contribution in [-0.4, -0.2) is 27.5 Å². The standard InChI is InChI=1S/C14H17FN4O2/c1-14(21,10-7-17-19(2)8-10)9-16-13(20)18-12-5-3-4-11(15)6-12/h3-8,21H,9H2,1-2H3,(H2,16,18,20). The van der Waals surface area contributed by atoms with Gasteiger partial charge in [0.2, 0.25) is 0 Å². The zero-order chi connectivity index (χ0) is 15.5. The van der Waals surface area contributed by atoms with Crippen molar-refractivity contribution < 1.29 is 14.3 Å². The van der Waals surface area contributed by atoms with Crippen LogP contribution in [-0.2, 0) is 12.6 Å². The van der Waals surface area contributed by atoms with Gasteiger partial charge in [-0.3, -0.25) is 4.68 Å². The maximum Gasteiger partial charge on any atom is 0.319 e. The van der Waals surface area contributed by atoms with E-state index in [-0.39, 0.29) is 6.54 Å². The summed E-state index contributed by atoms with van der Waals surface area (Å²) in [5, 5.41) is 19.3. The Kier molecular flexibility index (Phi) is 4.23. The van der Waals surface area contributed by atoms with Crippen LogP contribution in [0.4, 0.5) is 14.9 Å². The van der Waals surface area contributed by atoms with Gasteiger partial charge in [-0.2, -0.15) is 5.10 Å². The molecule has 0 bridgehead atoms. The minimum Gasteiger partial charge on any atom is -0.383 e. The number of aromatic nitrogens is 2. The van der Waals surface area contributed by atoms with Crippen LogP contribution in [0.3, 0.4) is 0 Å². The van der Waals surface area contributed by atoms with Crippen molar-refractivity contribution in [1.29, 1.82) is 0 Å². The summed E-state index contributed by atoms with van der Waals surface area (Å²) in [6.45, 7) is 1.58. The van der Waals surface area contributed by atoms with Gasteiger partial charge in [0.05, 0.1) is 12.7 Å². The predicted molar refractivity (Wildman–Crippen MR) is 76.2 cm³/mol. The van der Waals surface area contributed by atoms with E-state index in [4.69, 9.17) is 0 Å². The normalized spacial score (nSPS) is 13.5. The molecule has 1 atom stereocenters. The third-order valence-corrected chi connectivity index (χ3v) is 3.00. The minimum atomic E-state index is -1.24. The number of carbonyl (C=O) groups is 1. The topological polar surface area (TPSA) is 79.2 Å². The van der Waals surface area contributed by atoms with Gasteiger partial charge < -0.3 is 15.7 Å². The molecule has 1 unspecified atom stereocenters. The summed E-state index contributed by atoms with van der Waals surface area (Å²) in [6, 6.07) is 5.04. The van der Waals surface area contributed by atoms with Crippen molar-refractivity contribution in [3.63, 3.8) is 0 Å². The number of carbonyl (C=O) groups excluding carboxylic acids is 1. The lowest BCUT2D eigenvalue weighted by atomic mass is 10.00. The molecule has 1 aromatic heterocycles. The van der Waals surface area contributed by atoms with E-state index in [9.17, 15) is 14.3 Å². The average molecular weight is 292 g/mol. The first-order chi connectivity index (χ1) is 9.87. The monoisotopic (exact) mass is 292 g/mol. The highest BCUT2D eigenvalue weighted by Gasteiger charge is 2.25. The number of amides is 2. The number of nitrogens with zero attached hydrogens (tertiary/aromatic N) is 2. The average Bonchev–Trinajstić information content (AvgIpc) is 2.84. The van der Waals surface area contributed by atoms with Crippen LogP contribution in [0, 0.1) is 5.82 Å². The lowest BCUT2D eigenvalue weighted by molar-refractivity contribution is 0.0599. The Hall–Kier alpha value is -2.41. The van der Waals surface area contributed by atoms with Crippen molar-refractivity contribution in [3.05, 3.63) is 48.0 Å². The summed E-state index contributed by atoms with van der Waals surface area (Å²) in [7, 11) is 1.74. The molecule has 2 amide bonds. The van der Waals surface area contributed by atoms with Crippen LogP contribution in [0.2, 0.25) is 0 Å². The van der Waals surface area contributed by atoms with Gasteiger partial charge in [-0.25, -0.2) is 9.18 Å². The van der Waals surface area contributed by atoms with Gasteiger partial charge in [0, 0.05) is 24.5 Å². The van der Waals surface area contributed by atoms with Gasteiger partial charge in [0.15, 0.2) is 0 Å². The van der Waals surface area contributed by atoms with Crippen LogP contribution in [0.5, 0.6) is 0 Å². The third kappa shape index (κ3) is 4.03. The summed E-state index contributed by atoms with van der Waals surface area (Å²) in [4.78, 5) is 11.7. The van der Waals surface area contributed by atoms with Crippen molar-refractivity contribution in [2.24, 2.45) is 7.05 Å². The van der Waals surface area contributed by atoms with Crippen LogP contribution < -0.4 is 10.6 Å². The van der Waals surface area contributed by atoms with E-state index in [0.717, 1.165) is 0 Å². The number of anilines is 1. The largest absolute Gasteiger partial charge is 0.383 e. The number of benzene rings is 1. The molecule has 0 radical (unpaired) electrons. The van der Waals surface area contributed by atoms with Gasteiger partial charge >= 0.3 is 6.03 Å². The Morgan fingerprint density at radius 1 is 1.52 bits per heavy atom. The van der Waals surface area contributed by atoms with Crippen molar-refractivity contribution >= 4 is 11.7 Å². The number of hydrogen-bond acceptors (Lipinski definition) is 3. The van der Waals surface area contributed by atoms with Crippen LogP contribution in [0.15, 0.2) is 36.7 Å². The maximum absolute atomic E-state index is 13.0. The fraction of sp³-hybridized carbons (Fsp3) is 0.286. The van der Waals surface area contributed by atoms with E-state index < -0.39 is 17.4 Å². The van der Waals surface area contributed by atoms with Gasteiger partial charge in [-0.15, -0.1) is 0 Å². The van der Waals surface area contributed by atoms with Crippen LogP contribution in [0.25, 0.3) is 0 Å². The highest BCUT2D eigenvalue weighted by atomic mass is 19.1. The fourth-order valence-electron chi connectivity index (χ4n) is 1.80. The molecule has 21 heavy (non-hydrogen) atoms. The molecule has 6 nitrogen and oxygen atoms in total. The maximum atomic E-state index is 13.0. The van der Waals surface area contributed by atoms with E-state index in [0.29, 0.717) is 11.3 Å². The smallest absolute Gasteiger partial charge is 0.319 e. The van der Waals surface area contributed by atoms with Gasteiger partial charge in [-0.1, -0.05) is 6.07 Å². The van der Waals surface area contributed by atoms with Crippen LogP contribution in [0.1, 0.15) is 12.5 Å². The van der Waals surface area contributed by atoms with Gasteiger partial charge in [0.1, 0.15) is 11.4 Å². The molecular formula is C14H17FN4O2. The molecule has 1 aromatic carbocycles. The molecule has 7 heteroatoms. The van der Waals surface area contributed by atoms with Crippen molar-refractivity contribution in [3.8, 4) is 0 Å². The number of aliphatic hydroxyl groups is 1. The Balaban J connectivity index is 1.91. The molecule has 112 valence electrons. The molecule has 0 saturated heterocycles. The van der Waals surface area contributed by atoms with Crippen molar-refractivity contribution in [2.45, 2.75) is 12.5 Å². The number of halogens is 1. The Bertz CT molecular complexity index is 639. The second kappa shape index (κ2) is 5.92. The second-order valence-corrected chi connectivity index (χ2v) is 4.99. The molecular weight excluding hydrogens is 275 g/mol. The summed E-state index contributed by atoms with van der Waals surface area (Å²) < 4.78 is 14.6. The Morgan fingerprint density at radius 2 is 2.29 bits per heavy atom. The molecule has 0 aliphatic heterocycles. The number of urea groups is 1. The molecule has 0 spiro atoms. The first-order valence-corrected chi connectivity index (χ1v) is 6.39. The fourth-order valence-corrected chi connectivity index (χ4v) is 1.80. The summed E-state index contributed by atoms with van der Waals surface area (Å²) >= 11 is 0. The Morgan fingerprint density at radius 3 is 2.90 bits per heavy atom.